The molecule has 0 unspecified atom stereocenters. The van der Waals surface area contributed by atoms with Crippen LogP contribution in [0.3, 0.4) is 0 Å². The highest BCUT2D eigenvalue weighted by molar-refractivity contribution is 7.08. The minimum atomic E-state index is -0.166. The van der Waals surface area contributed by atoms with Crippen molar-refractivity contribution in [1.82, 2.24) is 15.2 Å². The van der Waals surface area contributed by atoms with Crippen LogP contribution in [0.2, 0.25) is 0 Å². The number of aromatic amines is 1. The van der Waals surface area contributed by atoms with E-state index in [0.717, 1.165) is 11.1 Å². The summed E-state index contributed by atoms with van der Waals surface area (Å²) in [6.07, 6.45) is 0.291. The molecule has 0 spiro atoms. The number of hydrogen-bond acceptors (Lipinski definition) is 6. The topological polar surface area (TPSA) is 89.1 Å². The number of H-pyrrole nitrogens is 1. The molecule has 2 aromatic heterocycles. The number of ether oxygens (including phenoxy) is 2. The number of hydrogen-bond donors (Lipinski definition) is 2. The fourth-order valence-corrected chi connectivity index (χ4v) is 2.85. The normalized spacial score (nSPS) is 10.4. The van der Waals surface area contributed by atoms with Crippen molar-refractivity contribution in [2.75, 3.05) is 19.5 Å². The molecule has 2 heterocycles. The Labute approximate surface area is 142 Å². The van der Waals surface area contributed by atoms with E-state index >= 15 is 0 Å². The molecule has 3 rings (SSSR count). The van der Waals surface area contributed by atoms with Crippen LogP contribution < -0.4 is 14.8 Å². The third kappa shape index (κ3) is 3.54. The molecular formula is C16H16N4O3S. The SMILES string of the molecule is COc1ccc(-c2nc(NC(=O)Cc3ccsc3)n[nH]2)c(OC)c1. The Bertz CT molecular complexity index is 830. The summed E-state index contributed by atoms with van der Waals surface area (Å²) in [4.78, 5) is 16.3. The van der Waals surface area contributed by atoms with Crippen LogP contribution in [0.1, 0.15) is 5.56 Å². The summed E-state index contributed by atoms with van der Waals surface area (Å²) in [6, 6.07) is 7.28. The van der Waals surface area contributed by atoms with Gasteiger partial charge in [0.15, 0.2) is 5.82 Å². The zero-order chi connectivity index (χ0) is 16.9. The third-order valence-electron chi connectivity index (χ3n) is 3.35. The van der Waals surface area contributed by atoms with Crippen molar-refractivity contribution < 1.29 is 14.3 Å². The van der Waals surface area contributed by atoms with E-state index in [2.05, 4.69) is 20.5 Å². The van der Waals surface area contributed by atoms with E-state index in [4.69, 9.17) is 9.47 Å². The van der Waals surface area contributed by atoms with E-state index in [0.29, 0.717) is 23.7 Å². The molecule has 3 aromatic rings. The minimum Gasteiger partial charge on any atom is -0.497 e. The smallest absolute Gasteiger partial charge is 0.249 e. The number of carbonyl (C=O) groups excluding carboxylic acids is 1. The molecular weight excluding hydrogens is 328 g/mol. The second-order valence-corrected chi connectivity index (χ2v) is 5.71. The van der Waals surface area contributed by atoms with Gasteiger partial charge in [-0.25, -0.2) is 0 Å². The van der Waals surface area contributed by atoms with Gasteiger partial charge >= 0.3 is 0 Å². The predicted molar refractivity (Wildman–Crippen MR) is 91.6 cm³/mol. The zero-order valence-corrected chi connectivity index (χ0v) is 14.0. The van der Waals surface area contributed by atoms with Gasteiger partial charge in [-0.15, -0.1) is 5.10 Å². The van der Waals surface area contributed by atoms with Crippen molar-refractivity contribution in [1.29, 1.82) is 0 Å². The third-order valence-corrected chi connectivity index (χ3v) is 4.08. The number of thiophene rings is 1. The van der Waals surface area contributed by atoms with Gasteiger partial charge in [0.1, 0.15) is 11.5 Å². The number of nitrogens with zero attached hydrogens (tertiary/aromatic N) is 2. The van der Waals surface area contributed by atoms with Gasteiger partial charge in [-0.2, -0.15) is 16.3 Å². The second-order valence-electron chi connectivity index (χ2n) is 4.93. The summed E-state index contributed by atoms with van der Waals surface area (Å²) in [7, 11) is 3.15. The average molecular weight is 344 g/mol. The van der Waals surface area contributed by atoms with Gasteiger partial charge in [0.2, 0.25) is 11.9 Å². The lowest BCUT2D eigenvalue weighted by Crippen LogP contribution is -2.14. The fourth-order valence-electron chi connectivity index (χ4n) is 2.18. The molecule has 1 amide bonds. The molecule has 124 valence electrons. The first-order chi connectivity index (χ1) is 11.7. The van der Waals surface area contributed by atoms with Gasteiger partial charge in [0.25, 0.3) is 0 Å². The molecule has 0 atom stereocenters. The van der Waals surface area contributed by atoms with Crippen molar-refractivity contribution in [2.24, 2.45) is 0 Å². The zero-order valence-electron chi connectivity index (χ0n) is 13.2. The fraction of sp³-hybridized carbons (Fsp3) is 0.188. The molecule has 7 nitrogen and oxygen atoms in total. The number of methoxy groups -OCH3 is 2. The first kappa shape index (κ1) is 16.0. The molecule has 0 saturated heterocycles. The van der Waals surface area contributed by atoms with Gasteiger partial charge < -0.3 is 9.47 Å². The lowest BCUT2D eigenvalue weighted by atomic mass is 10.2. The Balaban J connectivity index is 1.74. The molecule has 24 heavy (non-hydrogen) atoms. The minimum absolute atomic E-state index is 0.166. The van der Waals surface area contributed by atoms with Gasteiger partial charge in [-0.3, -0.25) is 15.2 Å². The van der Waals surface area contributed by atoms with E-state index in [9.17, 15) is 4.79 Å². The highest BCUT2D eigenvalue weighted by Gasteiger charge is 2.14. The number of anilines is 1. The van der Waals surface area contributed by atoms with E-state index in [1.165, 1.54) is 0 Å². The van der Waals surface area contributed by atoms with E-state index in [1.54, 1.807) is 37.7 Å². The largest absolute Gasteiger partial charge is 0.497 e. The lowest BCUT2D eigenvalue weighted by molar-refractivity contribution is -0.115. The number of rotatable bonds is 6. The first-order valence-electron chi connectivity index (χ1n) is 7.15. The maximum atomic E-state index is 12.0. The quantitative estimate of drug-likeness (QED) is 0.718. The Morgan fingerprint density at radius 1 is 1.29 bits per heavy atom. The van der Waals surface area contributed by atoms with Gasteiger partial charge in [-0.1, -0.05) is 0 Å². The van der Waals surface area contributed by atoms with Crippen molar-refractivity contribution in [3.63, 3.8) is 0 Å². The van der Waals surface area contributed by atoms with Crippen LogP contribution in [-0.4, -0.2) is 35.3 Å². The lowest BCUT2D eigenvalue weighted by Gasteiger charge is -2.07. The maximum Gasteiger partial charge on any atom is 0.249 e. The van der Waals surface area contributed by atoms with Crippen LogP contribution in [0, 0.1) is 0 Å². The number of benzene rings is 1. The van der Waals surface area contributed by atoms with Crippen LogP contribution in [0.15, 0.2) is 35.0 Å². The number of amides is 1. The van der Waals surface area contributed by atoms with Gasteiger partial charge in [0, 0.05) is 6.07 Å². The molecule has 0 saturated carbocycles. The van der Waals surface area contributed by atoms with Gasteiger partial charge in [0.05, 0.1) is 26.2 Å². The Morgan fingerprint density at radius 2 is 2.17 bits per heavy atom. The summed E-state index contributed by atoms with van der Waals surface area (Å²) in [6.45, 7) is 0. The monoisotopic (exact) mass is 344 g/mol. The average Bonchev–Trinajstić information content (AvgIpc) is 3.26. The number of nitrogens with one attached hydrogen (secondary N) is 2. The van der Waals surface area contributed by atoms with Gasteiger partial charge in [-0.05, 0) is 34.5 Å². The van der Waals surface area contributed by atoms with Crippen LogP contribution >= 0.6 is 11.3 Å². The van der Waals surface area contributed by atoms with E-state index in [1.807, 2.05) is 22.9 Å². The predicted octanol–water partition coefficient (Wildman–Crippen LogP) is 2.73. The molecule has 0 aliphatic carbocycles. The van der Waals surface area contributed by atoms with Crippen molar-refractivity contribution in [3.05, 3.63) is 40.6 Å². The highest BCUT2D eigenvalue weighted by atomic mass is 32.1. The standard InChI is InChI=1S/C16H16N4O3S/c1-22-11-3-4-12(13(8-11)23-2)15-18-16(20-19-15)17-14(21)7-10-5-6-24-9-10/h3-6,8-9H,7H2,1-2H3,(H2,17,18,19,20,21). The molecule has 0 bridgehead atoms. The van der Waals surface area contributed by atoms with Crippen LogP contribution in [0.5, 0.6) is 11.5 Å². The second kappa shape index (κ2) is 7.14. The molecule has 0 radical (unpaired) electrons. The van der Waals surface area contributed by atoms with E-state index < -0.39 is 0 Å². The Hall–Kier alpha value is -2.87. The first-order valence-corrected chi connectivity index (χ1v) is 8.09. The molecule has 2 N–H and O–H groups in total. The molecule has 1 aromatic carbocycles. The highest BCUT2D eigenvalue weighted by Crippen LogP contribution is 2.31. The summed E-state index contributed by atoms with van der Waals surface area (Å²) in [5.41, 5.74) is 1.69. The number of aromatic nitrogens is 3. The number of carbonyl (C=O) groups is 1. The Morgan fingerprint density at radius 3 is 2.88 bits per heavy atom. The van der Waals surface area contributed by atoms with E-state index in [-0.39, 0.29) is 11.9 Å². The molecule has 8 heteroatoms. The molecule has 0 aliphatic heterocycles. The maximum absolute atomic E-state index is 12.0. The van der Waals surface area contributed by atoms with Crippen molar-refractivity contribution >= 4 is 23.2 Å². The summed E-state index contributed by atoms with van der Waals surface area (Å²) in [5, 5.41) is 13.4. The van der Waals surface area contributed by atoms with Crippen LogP contribution in [0.4, 0.5) is 5.95 Å². The van der Waals surface area contributed by atoms with Crippen LogP contribution in [0.25, 0.3) is 11.4 Å². The van der Waals surface area contributed by atoms with Crippen molar-refractivity contribution in [3.8, 4) is 22.9 Å². The Kier molecular flexibility index (Phi) is 4.76. The molecule has 0 fully saturated rings. The summed E-state index contributed by atoms with van der Waals surface area (Å²) >= 11 is 1.55. The summed E-state index contributed by atoms with van der Waals surface area (Å²) < 4.78 is 10.5. The van der Waals surface area contributed by atoms with Crippen molar-refractivity contribution in [2.45, 2.75) is 6.42 Å². The molecule has 0 aliphatic rings. The van der Waals surface area contributed by atoms with Crippen LogP contribution in [-0.2, 0) is 11.2 Å². The summed E-state index contributed by atoms with van der Waals surface area (Å²) in [5.74, 6) is 1.84.